The van der Waals surface area contributed by atoms with E-state index in [9.17, 15) is 14.7 Å². The van der Waals surface area contributed by atoms with E-state index in [1.165, 1.54) is 11.6 Å². The highest BCUT2D eigenvalue weighted by Crippen LogP contribution is 2.36. The van der Waals surface area contributed by atoms with Gasteiger partial charge in [-0.3, -0.25) is 14.3 Å². The van der Waals surface area contributed by atoms with Crippen LogP contribution in [-0.2, 0) is 23.1 Å². The molecule has 6 heteroatoms. The Hall–Kier alpha value is -2.89. The standard InChI is InChI=1S/C19H21N3O3/c1-4-17(23)22-10-9-13-7-5-6-8-14(13)18(22)16-11-15(20-21(16)3)12(2)19(24)25/h4-8,11-12,18H,1,9-10H2,2-3H3,(H,24,25). The molecule has 1 aliphatic heterocycles. The Kier molecular flexibility index (Phi) is 4.44. The Bertz CT molecular complexity index is 840. The summed E-state index contributed by atoms with van der Waals surface area (Å²) in [5, 5.41) is 13.6. The van der Waals surface area contributed by atoms with Gasteiger partial charge in [0.05, 0.1) is 23.3 Å². The number of carboxylic acid groups (broad SMARTS) is 1. The summed E-state index contributed by atoms with van der Waals surface area (Å²) in [7, 11) is 1.78. The SMILES string of the molecule is C=CC(=O)N1CCc2ccccc2C1c1cc(C(C)C(=O)O)nn1C. The molecule has 0 saturated carbocycles. The quantitative estimate of drug-likeness (QED) is 0.867. The molecule has 3 rings (SSSR count). The van der Waals surface area contributed by atoms with Crippen molar-refractivity contribution < 1.29 is 14.7 Å². The first-order valence-electron chi connectivity index (χ1n) is 8.21. The van der Waals surface area contributed by atoms with Crippen LogP contribution >= 0.6 is 0 Å². The van der Waals surface area contributed by atoms with Gasteiger partial charge in [0.25, 0.3) is 0 Å². The van der Waals surface area contributed by atoms with Crippen molar-refractivity contribution in [3.8, 4) is 0 Å². The van der Waals surface area contributed by atoms with Crippen molar-refractivity contribution in [1.29, 1.82) is 0 Å². The van der Waals surface area contributed by atoms with Gasteiger partial charge in [0.15, 0.2) is 0 Å². The van der Waals surface area contributed by atoms with Crippen molar-refractivity contribution in [3.63, 3.8) is 0 Å². The van der Waals surface area contributed by atoms with Crippen molar-refractivity contribution in [3.05, 3.63) is 65.5 Å². The highest BCUT2D eigenvalue weighted by Gasteiger charge is 2.33. The number of carboxylic acids is 1. The third-order valence-electron chi connectivity index (χ3n) is 4.77. The van der Waals surface area contributed by atoms with Gasteiger partial charge >= 0.3 is 5.97 Å². The molecule has 0 bridgehead atoms. The average Bonchev–Trinajstić information content (AvgIpc) is 3.00. The molecule has 0 spiro atoms. The topological polar surface area (TPSA) is 75.4 Å². The lowest BCUT2D eigenvalue weighted by molar-refractivity contribution is -0.138. The molecular weight excluding hydrogens is 318 g/mol. The fraction of sp³-hybridized carbons (Fsp3) is 0.316. The second-order valence-corrected chi connectivity index (χ2v) is 6.26. The minimum absolute atomic E-state index is 0.145. The number of hydrogen-bond acceptors (Lipinski definition) is 3. The van der Waals surface area contributed by atoms with Gasteiger partial charge in [-0.15, -0.1) is 0 Å². The van der Waals surface area contributed by atoms with Gasteiger partial charge in [-0.25, -0.2) is 0 Å². The van der Waals surface area contributed by atoms with E-state index in [2.05, 4.69) is 17.7 Å². The van der Waals surface area contributed by atoms with Crippen LogP contribution in [0.15, 0.2) is 43.0 Å². The second-order valence-electron chi connectivity index (χ2n) is 6.26. The third-order valence-corrected chi connectivity index (χ3v) is 4.77. The summed E-state index contributed by atoms with van der Waals surface area (Å²) in [6.45, 7) is 5.80. The Morgan fingerprint density at radius 3 is 2.80 bits per heavy atom. The fourth-order valence-corrected chi connectivity index (χ4v) is 3.34. The lowest BCUT2D eigenvalue weighted by Crippen LogP contribution is -2.40. The van der Waals surface area contributed by atoms with E-state index in [0.717, 1.165) is 17.7 Å². The van der Waals surface area contributed by atoms with Crippen molar-refractivity contribution in [2.45, 2.75) is 25.3 Å². The summed E-state index contributed by atoms with van der Waals surface area (Å²) in [5.41, 5.74) is 3.51. The fourth-order valence-electron chi connectivity index (χ4n) is 3.34. The summed E-state index contributed by atoms with van der Waals surface area (Å²) in [5.74, 6) is -1.77. The number of aryl methyl sites for hydroxylation is 1. The summed E-state index contributed by atoms with van der Waals surface area (Å²) in [6.07, 6.45) is 2.10. The monoisotopic (exact) mass is 339 g/mol. The summed E-state index contributed by atoms with van der Waals surface area (Å²) in [6, 6.07) is 9.50. The summed E-state index contributed by atoms with van der Waals surface area (Å²) in [4.78, 5) is 25.5. The van der Waals surface area contributed by atoms with Crippen LogP contribution in [0.3, 0.4) is 0 Å². The maximum atomic E-state index is 12.4. The first-order valence-corrected chi connectivity index (χ1v) is 8.21. The molecule has 1 aromatic carbocycles. The van der Waals surface area contributed by atoms with E-state index < -0.39 is 11.9 Å². The molecule has 0 fully saturated rings. The highest BCUT2D eigenvalue weighted by atomic mass is 16.4. The minimum Gasteiger partial charge on any atom is -0.481 e. The lowest BCUT2D eigenvalue weighted by Gasteiger charge is -2.36. The van der Waals surface area contributed by atoms with Crippen LogP contribution in [0.4, 0.5) is 0 Å². The molecule has 6 nitrogen and oxygen atoms in total. The largest absolute Gasteiger partial charge is 0.481 e. The molecule has 130 valence electrons. The van der Waals surface area contributed by atoms with Gasteiger partial charge in [0, 0.05) is 13.6 Å². The molecule has 2 aromatic rings. The summed E-state index contributed by atoms with van der Waals surface area (Å²) >= 11 is 0. The van der Waals surface area contributed by atoms with Gasteiger partial charge in [0.1, 0.15) is 0 Å². The molecule has 0 aliphatic carbocycles. The first-order chi connectivity index (χ1) is 11.9. The number of fused-ring (bicyclic) bond motifs is 1. The molecule has 25 heavy (non-hydrogen) atoms. The van der Waals surface area contributed by atoms with Crippen molar-refractivity contribution in [2.75, 3.05) is 6.54 Å². The molecule has 1 aliphatic rings. The Balaban J connectivity index is 2.12. The zero-order valence-electron chi connectivity index (χ0n) is 14.3. The second kappa shape index (κ2) is 6.55. The number of hydrogen-bond donors (Lipinski definition) is 1. The van der Waals surface area contributed by atoms with E-state index in [1.54, 1.807) is 29.6 Å². The molecule has 1 N–H and O–H groups in total. The zero-order chi connectivity index (χ0) is 18.1. The van der Waals surface area contributed by atoms with Gasteiger partial charge < -0.3 is 10.0 Å². The minimum atomic E-state index is -0.923. The zero-order valence-corrected chi connectivity index (χ0v) is 14.3. The predicted molar refractivity (Wildman–Crippen MR) is 93.2 cm³/mol. The van der Waals surface area contributed by atoms with Gasteiger partial charge in [0.2, 0.25) is 5.91 Å². The molecule has 0 saturated heterocycles. The number of benzene rings is 1. The normalized spacial score (nSPS) is 17.7. The lowest BCUT2D eigenvalue weighted by atomic mass is 9.90. The number of amides is 1. The molecule has 2 unspecified atom stereocenters. The Morgan fingerprint density at radius 2 is 2.12 bits per heavy atom. The van der Waals surface area contributed by atoms with Gasteiger partial charge in [-0.05, 0) is 36.6 Å². The average molecular weight is 339 g/mol. The summed E-state index contributed by atoms with van der Waals surface area (Å²) < 4.78 is 1.67. The first kappa shape index (κ1) is 17.0. The van der Waals surface area contributed by atoms with Crippen LogP contribution in [-0.4, -0.2) is 38.2 Å². The van der Waals surface area contributed by atoms with Crippen LogP contribution in [0.25, 0.3) is 0 Å². The van der Waals surface area contributed by atoms with Crippen molar-refractivity contribution in [2.24, 2.45) is 7.05 Å². The van der Waals surface area contributed by atoms with Crippen LogP contribution < -0.4 is 0 Å². The van der Waals surface area contributed by atoms with Crippen LogP contribution in [0.5, 0.6) is 0 Å². The van der Waals surface area contributed by atoms with Crippen LogP contribution in [0.2, 0.25) is 0 Å². The van der Waals surface area contributed by atoms with E-state index in [1.807, 2.05) is 18.2 Å². The van der Waals surface area contributed by atoms with E-state index in [4.69, 9.17) is 0 Å². The number of aliphatic carboxylic acids is 1. The highest BCUT2D eigenvalue weighted by molar-refractivity contribution is 5.88. The molecular formula is C19H21N3O3. The molecule has 2 heterocycles. The third kappa shape index (κ3) is 2.95. The van der Waals surface area contributed by atoms with E-state index in [0.29, 0.717) is 12.2 Å². The van der Waals surface area contributed by atoms with E-state index >= 15 is 0 Å². The molecule has 1 aromatic heterocycles. The van der Waals surface area contributed by atoms with Crippen LogP contribution in [0.1, 0.15) is 41.4 Å². The maximum Gasteiger partial charge on any atom is 0.312 e. The number of aromatic nitrogens is 2. The number of carbonyl (C=O) groups excluding carboxylic acids is 1. The van der Waals surface area contributed by atoms with Crippen LogP contribution in [0, 0.1) is 0 Å². The van der Waals surface area contributed by atoms with Crippen molar-refractivity contribution >= 4 is 11.9 Å². The smallest absolute Gasteiger partial charge is 0.312 e. The predicted octanol–water partition coefficient (Wildman–Crippen LogP) is 2.27. The molecule has 0 radical (unpaired) electrons. The number of nitrogens with zero attached hydrogens (tertiary/aromatic N) is 3. The number of carbonyl (C=O) groups is 2. The van der Waals surface area contributed by atoms with Gasteiger partial charge in [-0.1, -0.05) is 30.8 Å². The Morgan fingerprint density at radius 1 is 1.40 bits per heavy atom. The van der Waals surface area contributed by atoms with E-state index in [-0.39, 0.29) is 11.9 Å². The molecule has 1 amide bonds. The van der Waals surface area contributed by atoms with Crippen molar-refractivity contribution in [1.82, 2.24) is 14.7 Å². The maximum absolute atomic E-state index is 12.4. The number of rotatable bonds is 4. The molecule has 2 atom stereocenters. The van der Waals surface area contributed by atoms with Gasteiger partial charge in [-0.2, -0.15) is 5.10 Å². The Labute approximate surface area is 146 Å².